The lowest BCUT2D eigenvalue weighted by Crippen LogP contribution is -2.32. The predicted octanol–water partition coefficient (Wildman–Crippen LogP) is 2.44. The van der Waals surface area contributed by atoms with Crippen molar-refractivity contribution in [1.82, 2.24) is 4.72 Å². The van der Waals surface area contributed by atoms with Gasteiger partial charge in [-0.05, 0) is 37.5 Å². The molecule has 2 rings (SSSR count). The second-order valence-corrected chi connectivity index (χ2v) is 7.90. The molecule has 7 nitrogen and oxygen atoms in total. The summed E-state index contributed by atoms with van der Waals surface area (Å²) < 4.78 is 32.7. The fourth-order valence-corrected chi connectivity index (χ4v) is 3.80. The van der Waals surface area contributed by atoms with Crippen LogP contribution in [0.5, 0.6) is 0 Å². The Labute approximate surface area is 148 Å². The Morgan fingerprint density at radius 1 is 1.36 bits per heavy atom. The fraction of sp³-hybridized carbons (Fsp3) is 0.588. The third kappa shape index (κ3) is 5.69. The van der Waals surface area contributed by atoms with Crippen LogP contribution in [0.25, 0.3) is 0 Å². The van der Waals surface area contributed by atoms with Crippen LogP contribution < -0.4 is 10.0 Å². The zero-order valence-corrected chi connectivity index (χ0v) is 15.3. The van der Waals surface area contributed by atoms with Gasteiger partial charge in [0.2, 0.25) is 10.0 Å². The molecule has 140 valence electrons. The number of sulfonamides is 1. The van der Waals surface area contributed by atoms with Crippen LogP contribution in [0.3, 0.4) is 0 Å². The number of carbonyl (C=O) groups is 1. The molecule has 1 fully saturated rings. The van der Waals surface area contributed by atoms with E-state index in [9.17, 15) is 18.3 Å². The summed E-state index contributed by atoms with van der Waals surface area (Å²) in [4.78, 5) is 11.4. The average molecular weight is 370 g/mol. The highest BCUT2D eigenvalue weighted by atomic mass is 32.2. The van der Waals surface area contributed by atoms with Crippen molar-refractivity contribution in [2.24, 2.45) is 0 Å². The number of hydrogen-bond donors (Lipinski definition) is 3. The number of nitrogens with one attached hydrogen (secondary N) is 2. The molecule has 1 aromatic rings. The number of carboxylic acid groups (broad SMARTS) is 1. The number of unbranched alkanes of at least 4 members (excludes halogenated alkanes) is 2. The van der Waals surface area contributed by atoms with E-state index in [2.05, 4.69) is 17.0 Å². The molecule has 1 aliphatic rings. The number of aromatic carboxylic acids is 1. The molecule has 3 N–H and O–H groups in total. The quantitative estimate of drug-likeness (QED) is 0.547. The monoisotopic (exact) mass is 370 g/mol. The van der Waals surface area contributed by atoms with Crippen molar-refractivity contribution in [3.8, 4) is 0 Å². The second-order valence-electron chi connectivity index (χ2n) is 6.13. The average Bonchev–Trinajstić information content (AvgIpc) is 3.10. The Kier molecular flexibility index (Phi) is 7.22. The van der Waals surface area contributed by atoms with E-state index in [1.165, 1.54) is 18.2 Å². The van der Waals surface area contributed by atoms with Crippen molar-refractivity contribution < 1.29 is 23.1 Å². The van der Waals surface area contributed by atoms with E-state index >= 15 is 0 Å². The largest absolute Gasteiger partial charge is 0.478 e. The normalized spacial score (nSPS) is 17.6. The molecule has 1 heterocycles. The minimum absolute atomic E-state index is 0.0449. The molecule has 25 heavy (non-hydrogen) atoms. The van der Waals surface area contributed by atoms with E-state index in [-0.39, 0.29) is 23.1 Å². The van der Waals surface area contributed by atoms with Gasteiger partial charge in [-0.25, -0.2) is 17.9 Å². The van der Waals surface area contributed by atoms with Crippen LogP contribution in [0.2, 0.25) is 0 Å². The van der Waals surface area contributed by atoms with Gasteiger partial charge in [0, 0.05) is 25.4 Å². The molecular formula is C17H26N2O5S. The topological polar surface area (TPSA) is 105 Å². The van der Waals surface area contributed by atoms with Gasteiger partial charge >= 0.3 is 5.97 Å². The minimum Gasteiger partial charge on any atom is -0.478 e. The molecule has 0 saturated carbocycles. The first-order chi connectivity index (χ1) is 11.9. The number of hydrogen-bond acceptors (Lipinski definition) is 5. The van der Waals surface area contributed by atoms with Crippen LogP contribution in [0, 0.1) is 0 Å². The summed E-state index contributed by atoms with van der Waals surface area (Å²) >= 11 is 0. The van der Waals surface area contributed by atoms with Gasteiger partial charge in [-0.15, -0.1) is 0 Å². The Balaban J connectivity index is 2.09. The highest BCUT2D eigenvalue weighted by Gasteiger charge is 2.22. The molecule has 1 atom stereocenters. The van der Waals surface area contributed by atoms with E-state index in [1.807, 2.05) is 0 Å². The molecular weight excluding hydrogens is 344 g/mol. The molecule has 1 aromatic carbocycles. The summed E-state index contributed by atoms with van der Waals surface area (Å²) in [7, 11) is -3.77. The van der Waals surface area contributed by atoms with Crippen LogP contribution in [0.4, 0.5) is 5.69 Å². The number of benzene rings is 1. The van der Waals surface area contributed by atoms with Gasteiger partial charge in [0.05, 0.1) is 16.6 Å². The van der Waals surface area contributed by atoms with E-state index < -0.39 is 16.0 Å². The summed E-state index contributed by atoms with van der Waals surface area (Å²) in [5.74, 6) is -1.16. The first-order valence-corrected chi connectivity index (χ1v) is 10.1. The molecule has 1 aliphatic heterocycles. The first-order valence-electron chi connectivity index (χ1n) is 8.66. The molecule has 0 aromatic heterocycles. The van der Waals surface area contributed by atoms with Gasteiger partial charge in [-0.3, -0.25) is 0 Å². The Morgan fingerprint density at radius 3 is 2.80 bits per heavy atom. The standard InChI is InChI=1S/C17H26N2O5S/c1-2-3-4-9-18-16-8-7-14(11-15(16)17(20)21)25(22,23)19-12-13-6-5-10-24-13/h7-8,11,13,18-19H,2-6,9-10,12H2,1H3,(H,20,21). The van der Waals surface area contributed by atoms with Crippen molar-refractivity contribution >= 4 is 21.7 Å². The van der Waals surface area contributed by atoms with Crippen molar-refractivity contribution in [1.29, 1.82) is 0 Å². The Bertz CT molecular complexity index is 684. The van der Waals surface area contributed by atoms with Gasteiger partial charge in [-0.1, -0.05) is 19.8 Å². The second kappa shape index (κ2) is 9.17. The number of anilines is 1. The summed E-state index contributed by atoms with van der Waals surface area (Å²) in [6.45, 7) is 3.58. The van der Waals surface area contributed by atoms with Crippen LogP contribution in [-0.4, -0.2) is 45.3 Å². The van der Waals surface area contributed by atoms with E-state index in [4.69, 9.17) is 4.74 Å². The molecule has 0 bridgehead atoms. The highest BCUT2D eigenvalue weighted by molar-refractivity contribution is 7.89. The maximum Gasteiger partial charge on any atom is 0.337 e. The zero-order chi connectivity index (χ0) is 18.3. The molecule has 1 saturated heterocycles. The third-order valence-electron chi connectivity index (χ3n) is 4.15. The SMILES string of the molecule is CCCCCNc1ccc(S(=O)(=O)NCC2CCCO2)cc1C(=O)O. The van der Waals surface area contributed by atoms with Gasteiger partial charge in [0.1, 0.15) is 0 Å². The Hall–Kier alpha value is -1.64. The summed E-state index contributed by atoms with van der Waals surface area (Å²) in [5.41, 5.74) is 0.387. The maximum atomic E-state index is 12.4. The lowest BCUT2D eigenvalue weighted by atomic mass is 10.1. The smallest absolute Gasteiger partial charge is 0.337 e. The lowest BCUT2D eigenvalue weighted by Gasteiger charge is -2.14. The predicted molar refractivity (Wildman–Crippen MR) is 95.6 cm³/mol. The van der Waals surface area contributed by atoms with Gasteiger partial charge in [-0.2, -0.15) is 0 Å². The van der Waals surface area contributed by atoms with Crippen molar-refractivity contribution in [3.05, 3.63) is 23.8 Å². The van der Waals surface area contributed by atoms with Crippen LogP contribution in [-0.2, 0) is 14.8 Å². The van der Waals surface area contributed by atoms with Gasteiger partial charge in [0.15, 0.2) is 0 Å². The van der Waals surface area contributed by atoms with E-state index in [0.29, 0.717) is 18.8 Å². The summed E-state index contributed by atoms with van der Waals surface area (Å²) in [6.07, 6.45) is 4.68. The van der Waals surface area contributed by atoms with Crippen molar-refractivity contribution in [2.75, 3.05) is 25.0 Å². The molecule has 0 spiro atoms. The van der Waals surface area contributed by atoms with Crippen molar-refractivity contribution in [2.45, 2.75) is 50.0 Å². The Morgan fingerprint density at radius 2 is 2.16 bits per heavy atom. The summed E-state index contributed by atoms with van der Waals surface area (Å²) in [5, 5.41) is 12.5. The van der Waals surface area contributed by atoms with E-state index in [1.54, 1.807) is 0 Å². The molecule has 8 heteroatoms. The van der Waals surface area contributed by atoms with Crippen LogP contribution in [0.1, 0.15) is 49.4 Å². The van der Waals surface area contributed by atoms with E-state index in [0.717, 1.165) is 32.1 Å². The molecule has 0 aliphatic carbocycles. The number of carboxylic acids is 1. The van der Waals surface area contributed by atoms with Crippen molar-refractivity contribution in [3.63, 3.8) is 0 Å². The first kappa shape index (κ1) is 19.7. The van der Waals surface area contributed by atoms with Gasteiger partial charge in [0.25, 0.3) is 0 Å². The minimum atomic E-state index is -3.77. The zero-order valence-electron chi connectivity index (χ0n) is 14.5. The number of rotatable bonds is 10. The van der Waals surface area contributed by atoms with Gasteiger partial charge < -0.3 is 15.2 Å². The fourth-order valence-electron chi connectivity index (χ4n) is 2.71. The lowest BCUT2D eigenvalue weighted by molar-refractivity contribution is 0.0697. The third-order valence-corrected chi connectivity index (χ3v) is 5.57. The maximum absolute atomic E-state index is 12.4. The number of ether oxygens (including phenoxy) is 1. The van der Waals surface area contributed by atoms with Crippen LogP contribution in [0.15, 0.2) is 23.1 Å². The highest BCUT2D eigenvalue weighted by Crippen LogP contribution is 2.21. The summed E-state index contributed by atoms with van der Waals surface area (Å²) in [6, 6.07) is 4.13. The van der Waals surface area contributed by atoms with Crippen LogP contribution >= 0.6 is 0 Å². The molecule has 0 radical (unpaired) electrons. The molecule has 1 unspecified atom stereocenters. The molecule has 0 amide bonds.